The fraction of sp³-hybridized carbons (Fsp3) is 0.467. The van der Waals surface area contributed by atoms with Crippen LogP contribution in [-0.2, 0) is 5.41 Å². The molecule has 0 radical (unpaired) electrons. The van der Waals surface area contributed by atoms with E-state index in [1.54, 1.807) is 11.3 Å². The molecule has 0 spiro atoms. The van der Waals surface area contributed by atoms with Crippen LogP contribution in [0.1, 0.15) is 39.9 Å². The van der Waals surface area contributed by atoms with Crippen molar-refractivity contribution in [3.63, 3.8) is 0 Å². The number of hydrogen-bond acceptors (Lipinski definition) is 4. The van der Waals surface area contributed by atoms with Gasteiger partial charge in [-0.3, -0.25) is 0 Å². The van der Waals surface area contributed by atoms with E-state index in [0.29, 0.717) is 0 Å². The zero-order valence-electron chi connectivity index (χ0n) is 12.3. The van der Waals surface area contributed by atoms with Crippen LogP contribution in [0.3, 0.4) is 0 Å². The lowest BCUT2D eigenvalue weighted by Gasteiger charge is -2.18. The Hall–Kier alpha value is -0.940. The van der Waals surface area contributed by atoms with Crippen molar-refractivity contribution >= 4 is 33.1 Å². The van der Waals surface area contributed by atoms with E-state index in [1.165, 1.54) is 0 Å². The first kappa shape index (κ1) is 15.4. The van der Waals surface area contributed by atoms with Crippen LogP contribution in [0.2, 0.25) is 0 Å². The second-order valence-electron chi connectivity index (χ2n) is 5.74. The van der Waals surface area contributed by atoms with Crippen molar-refractivity contribution in [1.29, 1.82) is 0 Å². The maximum absolute atomic E-state index is 4.75. The average molecular weight is 354 g/mol. The minimum absolute atomic E-state index is 0.0671. The van der Waals surface area contributed by atoms with Crippen LogP contribution in [0.5, 0.6) is 0 Å². The molecule has 0 aromatic carbocycles. The molecule has 2 rings (SSSR count). The summed E-state index contributed by atoms with van der Waals surface area (Å²) in [5.74, 6) is 1.77. The smallest absolute Gasteiger partial charge is 0.136 e. The third-order valence-corrected chi connectivity index (χ3v) is 4.66. The Labute approximate surface area is 133 Å². The first-order valence-electron chi connectivity index (χ1n) is 6.78. The van der Waals surface area contributed by atoms with Crippen LogP contribution < -0.4 is 5.32 Å². The minimum atomic E-state index is -0.0671. The largest absolute Gasteiger partial charge is 0.370 e. The highest BCUT2D eigenvalue weighted by Gasteiger charge is 2.20. The lowest BCUT2D eigenvalue weighted by Crippen LogP contribution is -2.18. The van der Waals surface area contributed by atoms with Crippen LogP contribution in [-0.4, -0.2) is 16.5 Å². The van der Waals surface area contributed by atoms with Crippen LogP contribution >= 0.6 is 27.3 Å². The molecule has 0 unspecified atom stereocenters. The lowest BCUT2D eigenvalue weighted by atomic mass is 9.95. The van der Waals surface area contributed by atoms with Gasteiger partial charge in [-0.25, -0.2) is 9.97 Å². The highest BCUT2D eigenvalue weighted by molar-refractivity contribution is 9.10. The summed E-state index contributed by atoms with van der Waals surface area (Å²) in [7, 11) is 0. The molecule has 1 N–H and O–H groups in total. The minimum Gasteiger partial charge on any atom is -0.370 e. The fourth-order valence-corrected chi connectivity index (χ4v) is 3.26. The van der Waals surface area contributed by atoms with Crippen LogP contribution in [0.15, 0.2) is 22.0 Å². The summed E-state index contributed by atoms with van der Waals surface area (Å²) in [5.41, 5.74) is 0.910. The first-order valence-corrected chi connectivity index (χ1v) is 8.46. The van der Waals surface area contributed by atoms with Gasteiger partial charge < -0.3 is 5.32 Å². The summed E-state index contributed by atoms with van der Waals surface area (Å²) in [6.07, 6.45) is 1.08. The quantitative estimate of drug-likeness (QED) is 0.831. The van der Waals surface area contributed by atoms with E-state index in [1.807, 2.05) is 6.07 Å². The number of nitrogens with zero attached hydrogens (tertiary/aromatic N) is 2. The molecule has 0 saturated carbocycles. The van der Waals surface area contributed by atoms with Crippen molar-refractivity contribution in [2.45, 2.75) is 39.5 Å². The molecular weight excluding hydrogens is 334 g/mol. The molecule has 0 fully saturated rings. The zero-order valence-corrected chi connectivity index (χ0v) is 14.7. The van der Waals surface area contributed by atoms with Crippen molar-refractivity contribution in [1.82, 2.24) is 9.97 Å². The predicted octanol–water partition coefficient (Wildman–Crippen LogP) is 5.09. The first-order chi connectivity index (χ1) is 9.41. The number of thiophene rings is 1. The van der Waals surface area contributed by atoms with Gasteiger partial charge in [-0.15, -0.1) is 11.3 Å². The van der Waals surface area contributed by atoms with Crippen LogP contribution in [0.25, 0.3) is 10.6 Å². The van der Waals surface area contributed by atoms with Gasteiger partial charge in [-0.1, -0.05) is 27.7 Å². The second-order valence-corrected chi connectivity index (χ2v) is 7.51. The Morgan fingerprint density at radius 3 is 2.60 bits per heavy atom. The maximum atomic E-state index is 4.75. The van der Waals surface area contributed by atoms with Crippen LogP contribution in [0.4, 0.5) is 5.82 Å². The van der Waals surface area contributed by atoms with Gasteiger partial charge in [0, 0.05) is 22.5 Å². The summed E-state index contributed by atoms with van der Waals surface area (Å²) >= 11 is 5.27. The van der Waals surface area contributed by atoms with E-state index in [2.05, 4.69) is 65.4 Å². The van der Waals surface area contributed by atoms with Gasteiger partial charge in [0.05, 0.1) is 10.6 Å². The Bertz CT molecular complexity index is 587. The normalized spacial score (nSPS) is 11.7. The number of aromatic nitrogens is 2. The lowest BCUT2D eigenvalue weighted by molar-refractivity contribution is 0.546. The van der Waals surface area contributed by atoms with E-state index >= 15 is 0 Å². The average Bonchev–Trinajstić information content (AvgIpc) is 2.81. The Morgan fingerprint density at radius 1 is 1.30 bits per heavy atom. The molecule has 5 heteroatoms. The third kappa shape index (κ3) is 3.58. The highest BCUT2D eigenvalue weighted by atomic mass is 79.9. The van der Waals surface area contributed by atoms with E-state index in [0.717, 1.165) is 39.7 Å². The van der Waals surface area contributed by atoms with Crippen molar-refractivity contribution in [2.24, 2.45) is 0 Å². The molecule has 0 bridgehead atoms. The van der Waals surface area contributed by atoms with Gasteiger partial charge in [0.1, 0.15) is 11.6 Å². The van der Waals surface area contributed by atoms with E-state index in [4.69, 9.17) is 4.98 Å². The molecule has 3 nitrogen and oxygen atoms in total. The fourth-order valence-electron chi connectivity index (χ4n) is 1.72. The molecule has 2 aromatic rings. The summed E-state index contributed by atoms with van der Waals surface area (Å²) < 4.78 is 1.09. The van der Waals surface area contributed by atoms with E-state index in [9.17, 15) is 0 Å². The summed E-state index contributed by atoms with van der Waals surface area (Å²) in [6.45, 7) is 9.48. The predicted molar refractivity (Wildman–Crippen MR) is 90.5 cm³/mol. The zero-order chi connectivity index (χ0) is 14.8. The van der Waals surface area contributed by atoms with E-state index in [-0.39, 0.29) is 5.41 Å². The topological polar surface area (TPSA) is 37.8 Å². The molecule has 0 saturated heterocycles. The van der Waals surface area contributed by atoms with Gasteiger partial charge in [-0.05, 0) is 33.8 Å². The molecule has 2 aromatic heterocycles. The van der Waals surface area contributed by atoms with Crippen molar-refractivity contribution in [3.05, 3.63) is 27.8 Å². The Morgan fingerprint density at radius 2 is 2.05 bits per heavy atom. The van der Waals surface area contributed by atoms with Crippen molar-refractivity contribution in [2.75, 3.05) is 11.9 Å². The van der Waals surface area contributed by atoms with Gasteiger partial charge in [0.15, 0.2) is 0 Å². The monoisotopic (exact) mass is 353 g/mol. The number of hydrogen-bond donors (Lipinski definition) is 1. The van der Waals surface area contributed by atoms with Gasteiger partial charge in [0.25, 0.3) is 0 Å². The third-order valence-electron chi connectivity index (χ3n) is 2.80. The SMILES string of the molecule is CCCNc1cc(-c2sccc2Br)nc(C(C)(C)C)n1. The van der Waals surface area contributed by atoms with Gasteiger partial charge >= 0.3 is 0 Å². The summed E-state index contributed by atoms with van der Waals surface area (Å²) in [4.78, 5) is 10.5. The van der Waals surface area contributed by atoms with E-state index < -0.39 is 0 Å². The van der Waals surface area contributed by atoms with Crippen LogP contribution in [0, 0.1) is 0 Å². The molecule has 0 amide bonds. The van der Waals surface area contributed by atoms with Crippen molar-refractivity contribution < 1.29 is 0 Å². The maximum Gasteiger partial charge on any atom is 0.136 e. The molecule has 2 heterocycles. The molecule has 20 heavy (non-hydrogen) atoms. The second kappa shape index (κ2) is 6.22. The molecular formula is C15H20BrN3S. The molecule has 0 aliphatic rings. The standard InChI is InChI=1S/C15H20BrN3S/c1-5-7-17-12-9-11(13-10(16)6-8-20-13)18-14(19-12)15(2,3)4/h6,8-9H,5,7H2,1-4H3,(H,17,18,19). The number of rotatable bonds is 4. The number of nitrogens with one attached hydrogen (secondary N) is 1. The Kier molecular flexibility index (Phi) is 4.81. The van der Waals surface area contributed by atoms with Gasteiger partial charge in [-0.2, -0.15) is 0 Å². The highest BCUT2D eigenvalue weighted by Crippen LogP contribution is 2.34. The van der Waals surface area contributed by atoms with Crippen molar-refractivity contribution in [3.8, 4) is 10.6 Å². The number of halogens is 1. The summed E-state index contributed by atoms with van der Waals surface area (Å²) in [6, 6.07) is 4.08. The van der Waals surface area contributed by atoms with Gasteiger partial charge in [0.2, 0.25) is 0 Å². The summed E-state index contributed by atoms with van der Waals surface area (Å²) in [5, 5.41) is 5.43. The molecule has 0 aliphatic carbocycles. The molecule has 0 atom stereocenters. The number of anilines is 1. The Balaban J connectivity index is 2.48. The molecule has 108 valence electrons. The molecule has 0 aliphatic heterocycles.